The molecular weight excluding hydrogens is 346 g/mol. The normalized spacial score (nSPS) is 13.3. The van der Waals surface area contributed by atoms with Crippen LogP contribution in [-0.2, 0) is 6.54 Å². The Morgan fingerprint density at radius 2 is 1.81 bits per heavy atom. The number of phenolic OH excluding ortho intramolecular Hbond substituents is 1. The molecule has 6 heteroatoms. The van der Waals surface area contributed by atoms with Crippen molar-refractivity contribution < 1.29 is 19.0 Å². The summed E-state index contributed by atoms with van der Waals surface area (Å²) in [5.41, 5.74) is 2.10. The Kier molecular flexibility index (Phi) is 4.28. The van der Waals surface area contributed by atoms with Gasteiger partial charge < -0.3 is 23.9 Å². The maximum Gasteiger partial charge on any atom is 0.200 e. The van der Waals surface area contributed by atoms with E-state index in [1.807, 2.05) is 25.1 Å². The Balaban J connectivity index is 1.93. The van der Waals surface area contributed by atoms with E-state index in [1.165, 1.54) is 0 Å². The van der Waals surface area contributed by atoms with Crippen molar-refractivity contribution in [1.29, 1.82) is 0 Å². The molecule has 0 unspecified atom stereocenters. The molecule has 0 aliphatic carbocycles. The Labute approximate surface area is 156 Å². The van der Waals surface area contributed by atoms with Crippen LogP contribution in [-0.4, -0.2) is 37.3 Å². The molecule has 6 nitrogen and oxygen atoms in total. The number of fused-ring (bicyclic) bond motifs is 2. The van der Waals surface area contributed by atoms with Crippen LogP contribution in [0, 0.1) is 6.92 Å². The fraction of sp³-hybridized carbons (Fsp3) is 0.286. The number of phenols is 1. The van der Waals surface area contributed by atoms with Crippen molar-refractivity contribution in [1.82, 2.24) is 4.90 Å². The van der Waals surface area contributed by atoms with E-state index in [0.717, 1.165) is 5.56 Å². The van der Waals surface area contributed by atoms with Crippen LogP contribution in [0.4, 0.5) is 0 Å². The molecule has 3 aromatic rings. The Bertz CT molecular complexity index is 1080. The van der Waals surface area contributed by atoms with E-state index >= 15 is 0 Å². The molecule has 0 saturated heterocycles. The maximum absolute atomic E-state index is 13.2. The lowest BCUT2D eigenvalue weighted by molar-refractivity contribution is 0.171. The molecule has 2 heterocycles. The molecular formula is C21H21NO5. The molecule has 1 N–H and O–H groups in total. The molecule has 0 radical (unpaired) electrons. The van der Waals surface area contributed by atoms with Gasteiger partial charge in [0.25, 0.3) is 0 Å². The molecule has 1 aliphatic rings. The van der Waals surface area contributed by atoms with E-state index in [4.69, 9.17) is 13.9 Å². The Morgan fingerprint density at radius 3 is 2.56 bits per heavy atom. The zero-order valence-electron chi connectivity index (χ0n) is 15.5. The second-order valence-electron chi connectivity index (χ2n) is 6.90. The molecule has 27 heavy (non-hydrogen) atoms. The first kappa shape index (κ1) is 17.4. The number of hydrogen-bond acceptors (Lipinski definition) is 6. The molecule has 0 amide bonds. The molecule has 4 rings (SSSR count). The van der Waals surface area contributed by atoms with Crippen LogP contribution >= 0.6 is 0 Å². The first-order valence-corrected chi connectivity index (χ1v) is 8.78. The average Bonchev–Trinajstić information content (AvgIpc) is 2.64. The molecule has 140 valence electrons. The van der Waals surface area contributed by atoms with Crippen molar-refractivity contribution in [3.05, 3.63) is 51.9 Å². The summed E-state index contributed by atoms with van der Waals surface area (Å²) in [5.74, 6) is 1.91. The van der Waals surface area contributed by atoms with E-state index in [9.17, 15) is 9.90 Å². The average molecular weight is 367 g/mol. The quantitative estimate of drug-likeness (QED) is 0.766. The number of aryl methyl sites for hydroxylation is 1. The molecule has 1 aliphatic heterocycles. The van der Waals surface area contributed by atoms with Gasteiger partial charge in [-0.1, -0.05) is 6.07 Å². The van der Waals surface area contributed by atoms with Crippen molar-refractivity contribution in [2.24, 2.45) is 0 Å². The third-order valence-corrected chi connectivity index (χ3v) is 4.62. The smallest absolute Gasteiger partial charge is 0.200 e. The van der Waals surface area contributed by atoms with Crippen LogP contribution in [0.5, 0.6) is 17.2 Å². The summed E-state index contributed by atoms with van der Waals surface area (Å²) < 4.78 is 17.2. The molecule has 2 aromatic carbocycles. The van der Waals surface area contributed by atoms with Crippen molar-refractivity contribution in [2.45, 2.75) is 13.5 Å². The van der Waals surface area contributed by atoms with E-state index in [1.54, 1.807) is 31.2 Å². The molecule has 0 spiro atoms. The van der Waals surface area contributed by atoms with Crippen molar-refractivity contribution in [3.63, 3.8) is 0 Å². The topological polar surface area (TPSA) is 72.1 Å². The van der Waals surface area contributed by atoms with Gasteiger partial charge in [0.15, 0.2) is 11.5 Å². The molecule has 1 aromatic heterocycles. The van der Waals surface area contributed by atoms with Gasteiger partial charge in [-0.2, -0.15) is 0 Å². The van der Waals surface area contributed by atoms with Gasteiger partial charge in [-0.05, 0) is 50.8 Å². The number of hydrogen-bond donors (Lipinski definition) is 1. The van der Waals surface area contributed by atoms with Gasteiger partial charge in [0.1, 0.15) is 30.3 Å². The minimum absolute atomic E-state index is 0.117. The van der Waals surface area contributed by atoms with E-state index in [0.29, 0.717) is 59.1 Å². The predicted molar refractivity (Wildman–Crippen MR) is 103 cm³/mol. The van der Waals surface area contributed by atoms with Crippen LogP contribution in [0.2, 0.25) is 0 Å². The van der Waals surface area contributed by atoms with Crippen molar-refractivity contribution in [2.75, 3.05) is 27.3 Å². The van der Waals surface area contributed by atoms with E-state index in [2.05, 4.69) is 0 Å². The van der Waals surface area contributed by atoms with Crippen LogP contribution in [0.25, 0.3) is 22.1 Å². The minimum atomic E-state index is -0.134. The zero-order valence-corrected chi connectivity index (χ0v) is 15.5. The van der Waals surface area contributed by atoms with Gasteiger partial charge in [0.2, 0.25) is 5.43 Å². The summed E-state index contributed by atoms with van der Waals surface area (Å²) >= 11 is 0. The number of ether oxygens (including phenoxy) is 2. The zero-order chi connectivity index (χ0) is 19.1. The summed E-state index contributed by atoms with van der Waals surface area (Å²) in [6.07, 6.45) is 0. The van der Waals surface area contributed by atoms with Gasteiger partial charge in [0, 0.05) is 6.54 Å². The fourth-order valence-corrected chi connectivity index (χ4v) is 3.41. The SMILES string of the molecule is Cc1oc2c(CN(C)C)c(O)ccc2c(=O)c1-c1ccc2c(c1)OCCO2. The standard InChI is InChI=1S/C21H21NO5/c1-12-19(13-4-7-17-18(10-13)26-9-8-25-17)20(24)14-5-6-16(23)15(11-22(2)3)21(14)27-12/h4-7,10,23H,8-9,11H2,1-3H3. The lowest BCUT2D eigenvalue weighted by atomic mass is 10.0. The summed E-state index contributed by atoms with van der Waals surface area (Å²) in [6, 6.07) is 8.60. The van der Waals surface area contributed by atoms with Gasteiger partial charge in [-0.25, -0.2) is 0 Å². The lowest BCUT2D eigenvalue weighted by Crippen LogP contribution is -2.16. The van der Waals surface area contributed by atoms with E-state index in [-0.39, 0.29) is 11.2 Å². The molecule has 0 atom stereocenters. The van der Waals surface area contributed by atoms with Gasteiger partial charge >= 0.3 is 0 Å². The number of aromatic hydroxyl groups is 1. The Hall–Kier alpha value is -2.99. The molecule has 0 fully saturated rings. The second-order valence-corrected chi connectivity index (χ2v) is 6.90. The van der Waals surface area contributed by atoms with Crippen LogP contribution < -0.4 is 14.9 Å². The summed E-state index contributed by atoms with van der Waals surface area (Å²) in [6.45, 7) is 3.22. The largest absolute Gasteiger partial charge is 0.507 e. The highest BCUT2D eigenvalue weighted by Gasteiger charge is 2.20. The van der Waals surface area contributed by atoms with Crippen LogP contribution in [0.3, 0.4) is 0 Å². The summed E-state index contributed by atoms with van der Waals surface area (Å²) in [7, 11) is 3.79. The third-order valence-electron chi connectivity index (χ3n) is 4.62. The maximum atomic E-state index is 13.2. The number of rotatable bonds is 3. The minimum Gasteiger partial charge on any atom is -0.507 e. The van der Waals surface area contributed by atoms with Crippen molar-refractivity contribution in [3.8, 4) is 28.4 Å². The van der Waals surface area contributed by atoms with Gasteiger partial charge in [0.05, 0.1) is 16.5 Å². The molecule has 0 saturated carbocycles. The highest BCUT2D eigenvalue weighted by molar-refractivity contribution is 5.86. The monoisotopic (exact) mass is 367 g/mol. The van der Waals surface area contributed by atoms with Gasteiger partial charge in [-0.3, -0.25) is 4.79 Å². The highest BCUT2D eigenvalue weighted by atomic mass is 16.6. The van der Waals surface area contributed by atoms with E-state index < -0.39 is 0 Å². The van der Waals surface area contributed by atoms with Crippen LogP contribution in [0.1, 0.15) is 11.3 Å². The number of nitrogens with zero attached hydrogens (tertiary/aromatic N) is 1. The third kappa shape index (κ3) is 3.02. The van der Waals surface area contributed by atoms with Crippen LogP contribution in [0.15, 0.2) is 39.5 Å². The van der Waals surface area contributed by atoms with Crippen molar-refractivity contribution >= 4 is 11.0 Å². The Morgan fingerprint density at radius 1 is 1.07 bits per heavy atom. The van der Waals surface area contributed by atoms with Gasteiger partial charge in [-0.15, -0.1) is 0 Å². The molecule has 0 bridgehead atoms. The number of benzene rings is 2. The second kappa shape index (κ2) is 6.63. The fourth-order valence-electron chi connectivity index (χ4n) is 3.41. The lowest BCUT2D eigenvalue weighted by Gasteiger charge is -2.19. The first-order chi connectivity index (χ1) is 13.0. The summed E-state index contributed by atoms with van der Waals surface area (Å²) in [5, 5.41) is 10.7. The first-order valence-electron chi connectivity index (χ1n) is 8.78. The predicted octanol–water partition coefficient (Wildman–Crippen LogP) is 3.31. The summed E-state index contributed by atoms with van der Waals surface area (Å²) in [4.78, 5) is 15.2. The highest BCUT2D eigenvalue weighted by Crippen LogP contribution is 2.36.